The number of hydrogen-bond donors (Lipinski definition) is 2. The van der Waals surface area contributed by atoms with Gasteiger partial charge in [0.15, 0.2) is 0 Å². The van der Waals surface area contributed by atoms with Gasteiger partial charge in [-0.05, 0) is 37.0 Å². The number of aliphatic carboxylic acids is 1. The number of nitrogens with zero attached hydrogens (tertiary/aromatic N) is 1. The molecule has 0 saturated heterocycles. The number of hydrogen-bond acceptors (Lipinski definition) is 3. The molecule has 1 aromatic rings. The predicted molar refractivity (Wildman–Crippen MR) is 92.5 cm³/mol. The summed E-state index contributed by atoms with van der Waals surface area (Å²) in [6, 6.07) is 6.89. The van der Waals surface area contributed by atoms with Crippen LogP contribution in [0.5, 0.6) is 0 Å². The molecular weight excluding hydrogens is 376 g/mol. The second-order valence-corrected chi connectivity index (χ2v) is 6.95. The summed E-state index contributed by atoms with van der Waals surface area (Å²) in [6.45, 7) is 3.31. The van der Waals surface area contributed by atoms with Gasteiger partial charge in [-0.2, -0.15) is 0 Å². The fourth-order valence-corrected chi connectivity index (χ4v) is 3.18. The number of carboxylic acid groups (broad SMARTS) is 1. The molecule has 2 rings (SSSR count). The summed E-state index contributed by atoms with van der Waals surface area (Å²) in [5.41, 5.74) is 1.08. The van der Waals surface area contributed by atoms with Crippen molar-refractivity contribution in [1.82, 2.24) is 10.2 Å². The van der Waals surface area contributed by atoms with Crippen LogP contribution < -0.4 is 5.32 Å². The Labute approximate surface area is 149 Å². The molecule has 3 atom stereocenters. The summed E-state index contributed by atoms with van der Waals surface area (Å²) in [7, 11) is 0. The molecule has 130 valence electrons. The van der Waals surface area contributed by atoms with Gasteiger partial charge in [0.05, 0.1) is 0 Å². The Kier molecular flexibility index (Phi) is 5.99. The van der Waals surface area contributed by atoms with Gasteiger partial charge in [0.2, 0.25) is 11.8 Å². The third-order valence-electron chi connectivity index (χ3n) is 4.22. The number of benzene rings is 1. The first-order valence-electron chi connectivity index (χ1n) is 7.84. The second-order valence-electron chi connectivity index (χ2n) is 6.03. The quantitative estimate of drug-likeness (QED) is 0.737. The molecule has 24 heavy (non-hydrogen) atoms. The van der Waals surface area contributed by atoms with Crippen molar-refractivity contribution in [3.05, 3.63) is 34.3 Å². The van der Waals surface area contributed by atoms with E-state index < -0.39 is 12.0 Å². The fraction of sp³-hybridized carbons (Fsp3) is 0.471. The first-order valence-corrected chi connectivity index (χ1v) is 8.63. The molecule has 1 aliphatic rings. The third-order valence-corrected chi connectivity index (χ3v) is 4.71. The second kappa shape index (κ2) is 7.79. The minimum absolute atomic E-state index is 0.124. The number of carbonyl (C=O) groups is 3. The maximum Gasteiger partial charge on any atom is 0.326 e. The van der Waals surface area contributed by atoms with Crippen LogP contribution in [-0.2, 0) is 14.4 Å². The van der Waals surface area contributed by atoms with Crippen LogP contribution in [0.25, 0.3) is 0 Å². The largest absolute Gasteiger partial charge is 0.480 e. The molecule has 1 saturated carbocycles. The van der Waals surface area contributed by atoms with E-state index in [2.05, 4.69) is 21.2 Å². The lowest BCUT2D eigenvalue weighted by Crippen LogP contribution is -2.47. The summed E-state index contributed by atoms with van der Waals surface area (Å²) >= 11 is 3.42. The SMILES string of the molecule is CC(=O)NCCN(C(=O)C1CC1c1cccc(Br)c1)C(C)C(=O)O. The van der Waals surface area contributed by atoms with Crippen molar-refractivity contribution >= 4 is 33.7 Å². The molecule has 2 N–H and O–H groups in total. The highest BCUT2D eigenvalue weighted by atomic mass is 79.9. The summed E-state index contributed by atoms with van der Waals surface area (Å²) in [5, 5.41) is 11.8. The Morgan fingerprint density at radius 1 is 1.42 bits per heavy atom. The number of halogens is 1. The van der Waals surface area contributed by atoms with Crippen LogP contribution >= 0.6 is 15.9 Å². The minimum Gasteiger partial charge on any atom is -0.480 e. The molecule has 0 heterocycles. The molecule has 7 heteroatoms. The molecule has 1 fully saturated rings. The van der Waals surface area contributed by atoms with Crippen molar-refractivity contribution in [2.24, 2.45) is 5.92 Å². The van der Waals surface area contributed by atoms with Gasteiger partial charge in [-0.15, -0.1) is 0 Å². The average molecular weight is 397 g/mol. The number of nitrogens with one attached hydrogen (secondary N) is 1. The van der Waals surface area contributed by atoms with Crippen molar-refractivity contribution in [3.8, 4) is 0 Å². The maximum absolute atomic E-state index is 12.7. The van der Waals surface area contributed by atoms with E-state index in [-0.39, 0.29) is 36.7 Å². The summed E-state index contributed by atoms with van der Waals surface area (Å²) < 4.78 is 0.958. The van der Waals surface area contributed by atoms with Crippen LogP contribution in [0.4, 0.5) is 0 Å². The zero-order chi connectivity index (χ0) is 17.9. The van der Waals surface area contributed by atoms with Crippen molar-refractivity contribution in [1.29, 1.82) is 0 Å². The molecule has 0 spiro atoms. The summed E-state index contributed by atoms with van der Waals surface area (Å²) in [6.07, 6.45) is 0.720. The topological polar surface area (TPSA) is 86.7 Å². The zero-order valence-electron chi connectivity index (χ0n) is 13.7. The number of rotatable bonds is 7. The Hall–Kier alpha value is -1.89. The van der Waals surface area contributed by atoms with Gasteiger partial charge >= 0.3 is 5.97 Å². The average Bonchev–Trinajstić information content (AvgIpc) is 3.30. The minimum atomic E-state index is -1.05. The van der Waals surface area contributed by atoms with Crippen molar-refractivity contribution in [2.45, 2.75) is 32.2 Å². The van der Waals surface area contributed by atoms with E-state index in [1.165, 1.54) is 18.7 Å². The summed E-state index contributed by atoms with van der Waals surface area (Å²) in [5.74, 6) is -1.49. The van der Waals surface area contributed by atoms with Gasteiger partial charge in [0.1, 0.15) is 6.04 Å². The van der Waals surface area contributed by atoms with Gasteiger partial charge in [-0.1, -0.05) is 28.1 Å². The van der Waals surface area contributed by atoms with Crippen LogP contribution in [-0.4, -0.2) is 46.9 Å². The van der Waals surface area contributed by atoms with E-state index in [9.17, 15) is 19.5 Å². The molecule has 3 unspecified atom stereocenters. The van der Waals surface area contributed by atoms with E-state index in [1.54, 1.807) is 0 Å². The van der Waals surface area contributed by atoms with E-state index in [4.69, 9.17) is 0 Å². The van der Waals surface area contributed by atoms with Gasteiger partial charge in [0.25, 0.3) is 0 Å². The first-order chi connectivity index (χ1) is 11.3. The van der Waals surface area contributed by atoms with E-state index in [1.807, 2.05) is 24.3 Å². The molecule has 2 amide bonds. The Bertz CT molecular complexity index is 649. The van der Waals surface area contributed by atoms with E-state index in [0.29, 0.717) is 0 Å². The third kappa shape index (κ3) is 4.56. The van der Waals surface area contributed by atoms with Crippen LogP contribution in [0.15, 0.2) is 28.7 Å². The molecular formula is C17H21BrN2O4. The van der Waals surface area contributed by atoms with Crippen LogP contribution in [0, 0.1) is 5.92 Å². The molecule has 0 aliphatic heterocycles. The Morgan fingerprint density at radius 2 is 2.12 bits per heavy atom. The smallest absolute Gasteiger partial charge is 0.326 e. The molecule has 0 radical (unpaired) electrons. The zero-order valence-corrected chi connectivity index (χ0v) is 15.2. The summed E-state index contributed by atoms with van der Waals surface area (Å²) in [4.78, 5) is 36.4. The van der Waals surface area contributed by atoms with Crippen LogP contribution in [0.3, 0.4) is 0 Å². The Balaban J connectivity index is 2.05. The monoisotopic (exact) mass is 396 g/mol. The van der Waals surface area contributed by atoms with Gasteiger partial charge in [-0.25, -0.2) is 4.79 Å². The highest BCUT2D eigenvalue weighted by molar-refractivity contribution is 9.10. The van der Waals surface area contributed by atoms with Crippen molar-refractivity contribution in [2.75, 3.05) is 13.1 Å². The van der Waals surface area contributed by atoms with Crippen molar-refractivity contribution in [3.63, 3.8) is 0 Å². The molecule has 0 bridgehead atoms. The molecule has 0 aromatic heterocycles. The molecule has 6 nitrogen and oxygen atoms in total. The number of carbonyl (C=O) groups excluding carboxylic acids is 2. The maximum atomic E-state index is 12.7. The van der Waals surface area contributed by atoms with E-state index >= 15 is 0 Å². The lowest BCUT2D eigenvalue weighted by molar-refractivity contribution is -0.150. The standard InChI is InChI=1S/C17H21BrN2O4/c1-10(17(23)24)20(7-6-19-11(2)21)16(22)15-9-14(15)12-4-3-5-13(18)8-12/h3-5,8,10,14-15H,6-7,9H2,1-2H3,(H,19,21)(H,23,24). The lowest BCUT2D eigenvalue weighted by Gasteiger charge is -2.27. The van der Waals surface area contributed by atoms with Gasteiger partial charge in [-0.3, -0.25) is 9.59 Å². The lowest BCUT2D eigenvalue weighted by atomic mass is 10.1. The van der Waals surface area contributed by atoms with E-state index in [0.717, 1.165) is 16.5 Å². The van der Waals surface area contributed by atoms with Gasteiger partial charge < -0.3 is 15.3 Å². The molecule has 1 aliphatic carbocycles. The fourth-order valence-electron chi connectivity index (χ4n) is 2.77. The first kappa shape index (κ1) is 18.4. The highest BCUT2D eigenvalue weighted by Crippen LogP contribution is 2.49. The van der Waals surface area contributed by atoms with Crippen molar-refractivity contribution < 1.29 is 19.5 Å². The molecule has 1 aromatic carbocycles. The normalized spacial score (nSPS) is 20.1. The predicted octanol–water partition coefficient (Wildman–Crippen LogP) is 1.99. The van der Waals surface area contributed by atoms with Crippen LogP contribution in [0.1, 0.15) is 31.7 Å². The van der Waals surface area contributed by atoms with Gasteiger partial charge in [0, 0.05) is 30.4 Å². The Morgan fingerprint density at radius 3 is 2.71 bits per heavy atom. The van der Waals surface area contributed by atoms with Crippen LogP contribution in [0.2, 0.25) is 0 Å². The highest BCUT2D eigenvalue weighted by Gasteiger charge is 2.47. The number of amides is 2. The number of carboxylic acids is 1.